The lowest BCUT2D eigenvalue weighted by Crippen LogP contribution is -2.40. The number of nitrogens with two attached hydrogens (primary N) is 1. The molecule has 0 saturated carbocycles. The molecule has 6 N–H and O–H groups in total. The number of hydrogen-bond donors (Lipinski definition) is 5. The normalized spacial score (nSPS) is 14.5. The van der Waals surface area contributed by atoms with Gasteiger partial charge < -0.3 is 35.2 Å². The summed E-state index contributed by atoms with van der Waals surface area (Å²) in [5, 5.41) is 19.3. The number of esters is 2. The van der Waals surface area contributed by atoms with E-state index < -0.39 is 62.4 Å². The number of ether oxygens (including phenoxy) is 2. The number of unbranched alkanes of at least 4 members (excludes halogenated alkanes) is 15. The van der Waals surface area contributed by atoms with Crippen molar-refractivity contribution >= 4 is 37.5 Å². The fourth-order valence-corrected chi connectivity index (χ4v) is 7.53. The highest BCUT2D eigenvalue weighted by atomic mass is 32.2. The number of aliphatic hydroxyl groups is 1. The average Bonchev–Trinajstić information content (AvgIpc) is 3.17. The van der Waals surface area contributed by atoms with E-state index in [1.807, 2.05) is 18.2 Å². The molecule has 0 spiro atoms. The van der Waals surface area contributed by atoms with E-state index in [-0.39, 0.29) is 31.4 Å². The fourth-order valence-electron chi connectivity index (χ4n) is 6.04. The van der Waals surface area contributed by atoms with Crippen molar-refractivity contribution in [3.05, 3.63) is 48.6 Å². The van der Waals surface area contributed by atoms with Crippen molar-refractivity contribution in [2.45, 2.75) is 192 Å². The minimum atomic E-state index is -4.92. The Morgan fingerprint density at radius 2 is 1.34 bits per heavy atom. The van der Waals surface area contributed by atoms with Crippen molar-refractivity contribution in [1.29, 1.82) is 0 Å². The van der Waals surface area contributed by atoms with Gasteiger partial charge in [-0.3, -0.25) is 18.9 Å². The molecule has 0 rings (SSSR count). The summed E-state index contributed by atoms with van der Waals surface area (Å²) < 4.78 is 26.6. The van der Waals surface area contributed by atoms with Crippen LogP contribution in [0.25, 0.3) is 0 Å². The number of aliphatic hydroxyl groups excluding tert-OH is 1. The molecule has 0 aromatic carbocycles. The van der Waals surface area contributed by atoms with Gasteiger partial charge in [-0.25, -0.2) is 4.57 Å². The van der Waals surface area contributed by atoms with Crippen LogP contribution in [-0.2, 0) is 32.9 Å². The molecule has 0 radical (unpaired) electrons. The molecule has 342 valence electrons. The first-order chi connectivity index (χ1) is 28.2. The van der Waals surface area contributed by atoms with Gasteiger partial charge in [0.15, 0.2) is 6.10 Å². The van der Waals surface area contributed by atoms with Crippen molar-refractivity contribution in [2.75, 3.05) is 19.0 Å². The highest BCUT2D eigenvalue weighted by Crippen LogP contribution is 2.36. The SMILES string of the molecule is CCCCC/C=C\C\C=C/C=C/C=C/[C@@H](SC[C@H](N)C(=O)O[C@H](COC(=O)CCCCCCCCCCCCCCCC(C)C)COP(=O)(O)O)[C@@H](O)CCCC(=O)O. The van der Waals surface area contributed by atoms with Crippen LogP contribution >= 0.6 is 19.6 Å². The number of hydrogen-bond acceptors (Lipinski definition) is 10. The Kier molecular flexibility index (Phi) is 37.2. The van der Waals surface area contributed by atoms with Gasteiger partial charge in [-0.05, 0) is 44.4 Å². The summed E-state index contributed by atoms with van der Waals surface area (Å²) in [6.45, 7) is 5.56. The van der Waals surface area contributed by atoms with E-state index in [1.165, 1.54) is 95.2 Å². The molecule has 0 fully saturated rings. The number of carbonyl (C=O) groups is 3. The smallest absolute Gasteiger partial charge is 0.469 e. The Hall–Kier alpha value is -2.25. The first-order valence-electron chi connectivity index (χ1n) is 22.2. The van der Waals surface area contributed by atoms with Gasteiger partial charge in [0.1, 0.15) is 12.6 Å². The topological polar surface area (TPSA) is 203 Å². The van der Waals surface area contributed by atoms with Gasteiger partial charge >= 0.3 is 25.7 Å². The van der Waals surface area contributed by atoms with E-state index in [2.05, 4.69) is 37.4 Å². The van der Waals surface area contributed by atoms with Gasteiger partial charge in [-0.2, -0.15) is 0 Å². The zero-order valence-electron chi connectivity index (χ0n) is 36.5. The summed E-state index contributed by atoms with van der Waals surface area (Å²) >= 11 is 1.18. The quantitative estimate of drug-likeness (QED) is 0.0128. The van der Waals surface area contributed by atoms with Crippen molar-refractivity contribution in [3.8, 4) is 0 Å². The molecule has 0 aliphatic heterocycles. The van der Waals surface area contributed by atoms with Crippen LogP contribution in [0.5, 0.6) is 0 Å². The predicted molar refractivity (Wildman–Crippen MR) is 240 cm³/mol. The molecule has 0 aliphatic carbocycles. The molecule has 0 aliphatic rings. The van der Waals surface area contributed by atoms with Gasteiger partial charge in [0.05, 0.1) is 12.7 Å². The Morgan fingerprint density at radius 1 is 0.729 bits per heavy atom. The van der Waals surface area contributed by atoms with Crippen LogP contribution < -0.4 is 5.73 Å². The number of carboxylic acid groups (broad SMARTS) is 1. The molecule has 14 heteroatoms. The second-order valence-electron chi connectivity index (χ2n) is 15.7. The number of allylic oxidation sites excluding steroid dienone is 7. The number of rotatable bonds is 40. The van der Waals surface area contributed by atoms with Gasteiger partial charge in [-0.1, -0.05) is 166 Å². The number of carbonyl (C=O) groups excluding carboxylic acids is 2. The first-order valence-corrected chi connectivity index (χ1v) is 24.8. The molecule has 0 bridgehead atoms. The Morgan fingerprint density at radius 3 is 1.93 bits per heavy atom. The largest absolute Gasteiger partial charge is 0.481 e. The van der Waals surface area contributed by atoms with Crippen LogP contribution in [0, 0.1) is 5.92 Å². The maximum Gasteiger partial charge on any atom is 0.469 e. The third kappa shape index (κ3) is 39.6. The highest BCUT2D eigenvalue weighted by Gasteiger charge is 2.27. The van der Waals surface area contributed by atoms with Crippen LogP contribution in [-0.4, -0.2) is 80.4 Å². The molecular formula is C45H80NO11PS. The van der Waals surface area contributed by atoms with Crippen molar-refractivity contribution < 1.29 is 52.9 Å². The zero-order valence-corrected chi connectivity index (χ0v) is 38.2. The van der Waals surface area contributed by atoms with Crippen molar-refractivity contribution in [1.82, 2.24) is 0 Å². The maximum atomic E-state index is 12.9. The lowest BCUT2D eigenvalue weighted by atomic mass is 10.0. The van der Waals surface area contributed by atoms with Crippen LogP contribution in [0.1, 0.15) is 168 Å². The molecule has 59 heavy (non-hydrogen) atoms. The molecule has 0 unspecified atom stereocenters. The third-order valence-electron chi connectivity index (χ3n) is 9.53. The molecule has 0 aromatic heterocycles. The van der Waals surface area contributed by atoms with Crippen LogP contribution in [0.15, 0.2) is 48.6 Å². The number of phosphoric acid groups is 1. The lowest BCUT2D eigenvalue weighted by Gasteiger charge is -2.23. The Balaban J connectivity index is 4.81. The third-order valence-corrected chi connectivity index (χ3v) is 11.4. The second kappa shape index (κ2) is 38.7. The van der Waals surface area contributed by atoms with E-state index in [0.717, 1.165) is 38.0 Å². The molecule has 4 atom stereocenters. The summed E-state index contributed by atoms with van der Waals surface area (Å²) in [6, 6.07) is -1.20. The van der Waals surface area contributed by atoms with Gasteiger partial charge in [0.2, 0.25) is 0 Å². The van der Waals surface area contributed by atoms with Crippen LogP contribution in [0.4, 0.5) is 0 Å². The van der Waals surface area contributed by atoms with Gasteiger partial charge in [0.25, 0.3) is 0 Å². The first kappa shape index (κ1) is 56.8. The summed E-state index contributed by atoms with van der Waals surface area (Å²) in [4.78, 5) is 54.8. The van der Waals surface area contributed by atoms with E-state index >= 15 is 0 Å². The molecule has 0 heterocycles. The van der Waals surface area contributed by atoms with E-state index in [9.17, 15) is 33.8 Å². The molecule has 0 amide bonds. The number of thioether (sulfide) groups is 1. The minimum Gasteiger partial charge on any atom is -0.481 e. The van der Waals surface area contributed by atoms with Crippen LogP contribution in [0.2, 0.25) is 0 Å². The molecule has 0 saturated heterocycles. The highest BCUT2D eigenvalue weighted by molar-refractivity contribution is 8.00. The van der Waals surface area contributed by atoms with Crippen LogP contribution in [0.3, 0.4) is 0 Å². The number of carboxylic acids is 1. The summed E-state index contributed by atoms with van der Waals surface area (Å²) in [5.41, 5.74) is 6.12. The standard InChI is InChI=1S/C45H80NO11PS/c1-4-5-6-7-8-9-10-15-18-21-24-27-32-42(41(47)31-29-33-43(48)49)59-37-40(46)45(51)57-39(36-56-58(52,53)54)35-55-44(50)34-28-25-22-19-16-13-11-12-14-17-20-23-26-30-38(2)3/h8-9,15,18,21,24,27,32,38-42,47H,4-7,10-14,16-17,19-20,22-23,25-26,28-31,33-37,46H2,1-3H3,(H,48,49)(H2,52,53,54)/b9-8-,18-15-,24-21+,32-27+/t39-,40+,41+,42-/m1/s1. The van der Waals surface area contributed by atoms with Crippen molar-refractivity contribution in [2.24, 2.45) is 11.7 Å². The Bertz CT molecular complexity index is 1240. The van der Waals surface area contributed by atoms with Crippen molar-refractivity contribution in [3.63, 3.8) is 0 Å². The fraction of sp³-hybridized carbons (Fsp3) is 0.756. The zero-order chi connectivity index (χ0) is 44.0. The maximum absolute atomic E-state index is 12.9. The summed E-state index contributed by atoms with van der Waals surface area (Å²) in [7, 11) is -4.92. The molecular weight excluding hydrogens is 794 g/mol. The van der Waals surface area contributed by atoms with E-state index in [4.69, 9.17) is 20.3 Å². The van der Waals surface area contributed by atoms with E-state index in [1.54, 1.807) is 18.2 Å². The van der Waals surface area contributed by atoms with E-state index in [0.29, 0.717) is 6.42 Å². The average molecular weight is 874 g/mol. The predicted octanol–water partition coefficient (Wildman–Crippen LogP) is 10.3. The molecule has 0 aromatic rings. The lowest BCUT2D eigenvalue weighted by molar-refractivity contribution is -0.161. The minimum absolute atomic E-state index is 0.00255. The monoisotopic (exact) mass is 874 g/mol. The summed E-state index contributed by atoms with van der Waals surface area (Å²) in [5.74, 6) is -1.58. The Labute approximate surface area is 360 Å². The second-order valence-corrected chi connectivity index (χ2v) is 18.2. The number of phosphoric ester groups is 1. The number of aliphatic carboxylic acids is 1. The summed E-state index contributed by atoms with van der Waals surface area (Å²) in [6.07, 6.45) is 36.0. The molecule has 12 nitrogen and oxygen atoms in total. The van der Waals surface area contributed by atoms with Gasteiger partial charge in [0, 0.05) is 23.8 Å². The van der Waals surface area contributed by atoms with Gasteiger partial charge in [-0.15, -0.1) is 11.8 Å².